The van der Waals surface area contributed by atoms with E-state index in [1.54, 1.807) is 0 Å². The van der Waals surface area contributed by atoms with Gasteiger partial charge < -0.3 is 29.3 Å². The van der Waals surface area contributed by atoms with Crippen molar-refractivity contribution in [2.45, 2.75) is 71.1 Å². The fourth-order valence-corrected chi connectivity index (χ4v) is 2.07. The van der Waals surface area contributed by atoms with Gasteiger partial charge in [0, 0.05) is 0 Å². The topological polar surface area (TPSA) is 139 Å². The van der Waals surface area contributed by atoms with Crippen LogP contribution in [0, 0.1) is 0 Å². The van der Waals surface area contributed by atoms with Crippen molar-refractivity contribution in [1.82, 2.24) is 12.3 Å². The Balaban J connectivity index is -0.000000427. The summed E-state index contributed by atoms with van der Waals surface area (Å²) in [6.07, 6.45) is 11.7. The lowest BCUT2D eigenvalue weighted by molar-refractivity contribution is -0.0000114. The normalized spacial score (nSPS) is 10.1. The molecule has 0 saturated carbocycles. The Morgan fingerprint density at radius 3 is 1.50 bits per heavy atom. The van der Waals surface area contributed by atoms with E-state index < -0.39 is 10.4 Å². The van der Waals surface area contributed by atoms with E-state index in [-0.39, 0.29) is 31.3 Å². The van der Waals surface area contributed by atoms with E-state index in [9.17, 15) is 13.0 Å². The summed E-state index contributed by atoms with van der Waals surface area (Å²) in [5, 5.41) is 0. The average molecular weight is 337 g/mol. The highest BCUT2D eigenvalue weighted by Crippen LogP contribution is 2.10. The summed E-state index contributed by atoms with van der Waals surface area (Å²) in [5.41, 5.74) is 0. The smallest absolute Gasteiger partial charge is 0.217 e. The highest BCUT2D eigenvalue weighted by Gasteiger charge is 1.95. The fourth-order valence-electron chi connectivity index (χ4n) is 1.75. The van der Waals surface area contributed by atoms with Crippen LogP contribution in [0.2, 0.25) is 0 Å². The first kappa shape index (κ1) is 28.3. The molecular weight excluding hydrogens is 304 g/mol. The van der Waals surface area contributed by atoms with Gasteiger partial charge >= 0.3 is 0 Å². The van der Waals surface area contributed by atoms with Gasteiger partial charge in [0.05, 0.1) is 6.61 Å². The lowest BCUT2D eigenvalue weighted by Crippen LogP contribution is -3.00. The first-order valence-electron chi connectivity index (χ1n) is 6.66. The Bertz CT molecular complexity index is 264. The molecule has 0 aromatic heterocycles. The van der Waals surface area contributed by atoms with Gasteiger partial charge in [-0.05, 0) is 6.42 Å². The molecule has 0 unspecified atom stereocenters. The van der Waals surface area contributed by atoms with Crippen molar-refractivity contribution in [3.8, 4) is 0 Å². The number of quaternary nitrogens is 2. The van der Waals surface area contributed by atoms with Crippen molar-refractivity contribution in [3.63, 3.8) is 0 Å². The van der Waals surface area contributed by atoms with Gasteiger partial charge in [0.15, 0.2) is 0 Å². The molecule has 8 heteroatoms. The Labute approximate surface area is 130 Å². The fraction of sp³-hybridized carbons (Fsp3) is 1.00. The van der Waals surface area contributed by atoms with Crippen molar-refractivity contribution in [2.24, 2.45) is 0 Å². The first-order valence-corrected chi connectivity index (χ1v) is 8.00. The summed E-state index contributed by atoms with van der Waals surface area (Å²) >= 11 is 0. The maximum absolute atomic E-state index is 10.1. The van der Waals surface area contributed by atoms with E-state index in [1.165, 1.54) is 44.9 Å². The molecule has 20 heavy (non-hydrogen) atoms. The van der Waals surface area contributed by atoms with Gasteiger partial charge in [0.25, 0.3) is 0 Å². The second kappa shape index (κ2) is 19.1. The minimum atomic E-state index is -4.48. The van der Waals surface area contributed by atoms with Gasteiger partial charge in [0.1, 0.15) is 0 Å². The molecule has 0 saturated heterocycles. The predicted octanol–water partition coefficient (Wildman–Crippen LogP) is 1.14. The van der Waals surface area contributed by atoms with Crippen LogP contribution in [0.4, 0.5) is 0 Å². The molecule has 0 amide bonds. The molecule has 0 aromatic rings. The van der Waals surface area contributed by atoms with Crippen LogP contribution in [-0.4, -0.2) is 19.6 Å². The Morgan fingerprint density at radius 2 is 1.15 bits per heavy atom. The third-order valence-electron chi connectivity index (χ3n) is 2.73. The predicted molar refractivity (Wildman–Crippen MR) is 79.5 cm³/mol. The van der Waals surface area contributed by atoms with Crippen molar-refractivity contribution in [3.05, 3.63) is 0 Å². The van der Waals surface area contributed by atoms with Crippen LogP contribution in [-0.2, 0) is 14.6 Å². The van der Waals surface area contributed by atoms with Crippen molar-refractivity contribution >= 4 is 10.4 Å². The van der Waals surface area contributed by atoms with E-state index >= 15 is 0 Å². The van der Waals surface area contributed by atoms with Crippen LogP contribution < -0.4 is 24.7 Å². The van der Waals surface area contributed by atoms with Gasteiger partial charge in [-0.25, -0.2) is 8.42 Å². The molecule has 0 radical (unpaired) electrons. The van der Waals surface area contributed by atoms with Gasteiger partial charge in [-0.3, -0.25) is 4.18 Å². The van der Waals surface area contributed by atoms with E-state index in [1.807, 2.05) is 0 Å². The Morgan fingerprint density at radius 1 is 0.800 bits per heavy atom. The summed E-state index contributed by atoms with van der Waals surface area (Å²) in [7, 11) is -4.48. The Kier molecular flexibility index (Phi) is 27.0. The van der Waals surface area contributed by atoms with Crippen LogP contribution in [0.5, 0.6) is 0 Å². The molecular formula is C12H33ClN2O4S. The van der Waals surface area contributed by atoms with Crippen molar-refractivity contribution in [1.29, 1.82) is 0 Å². The molecule has 0 aliphatic carbocycles. The molecule has 0 atom stereocenters. The number of halogens is 1. The zero-order chi connectivity index (χ0) is 13.0. The van der Waals surface area contributed by atoms with Gasteiger partial charge in [-0.15, -0.1) is 0 Å². The largest absolute Gasteiger partial charge is 1.00 e. The zero-order valence-electron chi connectivity index (χ0n) is 13.2. The first-order chi connectivity index (χ1) is 8.06. The molecule has 0 heterocycles. The minimum absolute atomic E-state index is 0. The van der Waals surface area contributed by atoms with Crippen molar-refractivity contribution < 1.29 is 29.6 Å². The van der Waals surface area contributed by atoms with Crippen LogP contribution in [0.1, 0.15) is 71.1 Å². The molecule has 0 aromatic carbocycles. The number of hydrogen-bond acceptors (Lipinski definition) is 4. The molecule has 0 aliphatic rings. The molecule has 8 N–H and O–H groups in total. The van der Waals surface area contributed by atoms with Gasteiger partial charge in [-0.1, -0.05) is 64.7 Å². The van der Waals surface area contributed by atoms with Crippen molar-refractivity contribution in [2.75, 3.05) is 6.61 Å². The average Bonchev–Trinajstić information content (AvgIpc) is 2.24. The van der Waals surface area contributed by atoms with E-state index in [0.29, 0.717) is 6.42 Å². The van der Waals surface area contributed by atoms with Gasteiger partial charge in [0.2, 0.25) is 10.4 Å². The minimum Gasteiger partial charge on any atom is -1.00 e. The third-order valence-corrected chi connectivity index (χ3v) is 3.18. The lowest BCUT2D eigenvalue weighted by Gasteiger charge is -2.06. The molecule has 6 nitrogen and oxygen atoms in total. The number of unbranched alkanes of at least 4 members (excludes halogenated alkanes) is 9. The molecule has 0 spiro atoms. The third kappa shape index (κ3) is 26.6. The molecule has 128 valence electrons. The molecule has 0 rings (SSSR count). The van der Waals surface area contributed by atoms with Crippen LogP contribution in [0.25, 0.3) is 0 Å². The second-order valence-corrected chi connectivity index (χ2v) is 5.46. The maximum atomic E-state index is 10.1. The summed E-state index contributed by atoms with van der Waals surface area (Å²) in [5.74, 6) is 0. The summed E-state index contributed by atoms with van der Waals surface area (Å²) < 4.78 is 34.5. The quantitative estimate of drug-likeness (QED) is 0.313. The van der Waals surface area contributed by atoms with Crippen LogP contribution >= 0.6 is 0 Å². The summed E-state index contributed by atoms with van der Waals surface area (Å²) in [4.78, 5) is 0. The summed E-state index contributed by atoms with van der Waals surface area (Å²) in [6.45, 7) is 2.24. The monoisotopic (exact) mass is 336 g/mol. The van der Waals surface area contributed by atoms with E-state index in [4.69, 9.17) is 0 Å². The zero-order valence-corrected chi connectivity index (χ0v) is 14.8. The van der Waals surface area contributed by atoms with E-state index in [2.05, 4.69) is 11.1 Å². The maximum Gasteiger partial charge on any atom is 0.217 e. The molecule has 0 aliphatic heterocycles. The second-order valence-electron chi connectivity index (χ2n) is 4.41. The van der Waals surface area contributed by atoms with Crippen LogP contribution in [0.15, 0.2) is 0 Å². The standard InChI is InChI=1S/C12H26O4S.ClH.2H3N/c1-2-3-4-5-6-7-8-9-10-11-12-16-17(13,14)15;;;/h2-12H2,1H3,(H,13,14,15);1H;2*1H3. The van der Waals surface area contributed by atoms with Crippen LogP contribution in [0.3, 0.4) is 0 Å². The molecule has 0 bridgehead atoms. The molecule has 0 fully saturated rings. The number of rotatable bonds is 12. The lowest BCUT2D eigenvalue weighted by atomic mass is 10.1. The SMILES string of the molecule is CCCCCCCCCCCCOS(=O)(=O)[O-].[Cl-].[NH4+].[NH4+]. The summed E-state index contributed by atoms with van der Waals surface area (Å²) in [6, 6.07) is 0. The highest BCUT2D eigenvalue weighted by molar-refractivity contribution is 7.80. The highest BCUT2D eigenvalue weighted by atomic mass is 35.5. The number of hydrogen-bond donors (Lipinski definition) is 2. The Hall–Kier alpha value is 0.0800. The van der Waals surface area contributed by atoms with Gasteiger partial charge in [-0.2, -0.15) is 0 Å². The van der Waals surface area contributed by atoms with E-state index in [0.717, 1.165) is 12.8 Å².